The van der Waals surface area contributed by atoms with Gasteiger partial charge in [0, 0.05) is 24.8 Å². The molecule has 0 fully saturated rings. The van der Waals surface area contributed by atoms with Crippen molar-refractivity contribution >= 4 is 16.9 Å². The normalized spacial score (nSPS) is 12.2. The average molecular weight is 447 g/mol. The van der Waals surface area contributed by atoms with Gasteiger partial charge in [0.2, 0.25) is 0 Å². The number of fused-ring (bicyclic) bond motifs is 1. The molecule has 0 aliphatic heterocycles. The highest BCUT2D eigenvalue weighted by atomic mass is 16.5. The molecule has 0 radical (unpaired) electrons. The first-order valence-corrected chi connectivity index (χ1v) is 11.1. The zero-order chi connectivity index (χ0) is 23.7. The number of nitrogens with one attached hydrogen (secondary N) is 1. The lowest BCUT2D eigenvalue weighted by Crippen LogP contribution is -2.27. The lowest BCUT2D eigenvalue weighted by atomic mass is 10.0. The maximum Gasteiger partial charge on any atom is 0.252 e. The highest BCUT2D eigenvalue weighted by Gasteiger charge is 2.19. The number of amides is 1. The Morgan fingerprint density at radius 2 is 1.85 bits per heavy atom. The van der Waals surface area contributed by atoms with E-state index in [0.29, 0.717) is 23.4 Å². The van der Waals surface area contributed by atoms with Gasteiger partial charge in [-0.3, -0.25) is 14.2 Å². The van der Waals surface area contributed by atoms with Gasteiger partial charge in [-0.2, -0.15) is 10.2 Å². The number of nitrogens with zero attached hydrogens (tertiary/aromatic N) is 5. The van der Waals surface area contributed by atoms with E-state index in [1.807, 2.05) is 55.9 Å². The predicted octanol–water partition coefficient (Wildman–Crippen LogP) is 4.15. The third kappa shape index (κ3) is 4.46. The van der Waals surface area contributed by atoms with E-state index in [0.717, 1.165) is 40.2 Å². The minimum Gasteiger partial charge on any atom is -0.497 e. The van der Waals surface area contributed by atoms with Crippen LogP contribution in [0.3, 0.4) is 0 Å². The lowest BCUT2D eigenvalue weighted by Gasteiger charge is -2.15. The number of benzene rings is 1. The van der Waals surface area contributed by atoms with Crippen molar-refractivity contribution in [3.05, 3.63) is 59.0 Å². The molecular weight excluding hydrogens is 416 g/mol. The monoisotopic (exact) mass is 446 g/mol. The molecule has 8 nitrogen and oxygen atoms in total. The number of methoxy groups -OCH3 is 1. The maximum absolute atomic E-state index is 13.3. The molecule has 33 heavy (non-hydrogen) atoms. The fourth-order valence-corrected chi connectivity index (χ4v) is 4.24. The predicted molar refractivity (Wildman–Crippen MR) is 129 cm³/mol. The Bertz CT molecular complexity index is 1300. The van der Waals surface area contributed by atoms with E-state index in [1.165, 1.54) is 0 Å². The number of carbonyl (C=O) groups is 1. The van der Waals surface area contributed by atoms with Crippen LogP contribution < -0.4 is 10.1 Å². The fraction of sp³-hybridized carbons (Fsp3) is 0.360. The number of hydrogen-bond donors (Lipinski definition) is 1. The summed E-state index contributed by atoms with van der Waals surface area (Å²) in [4.78, 5) is 18.1. The van der Waals surface area contributed by atoms with Crippen molar-refractivity contribution in [3.63, 3.8) is 0 Å². The van der Waals surface area contributed by atoms with Crippen LogP contribution in [0.2, 0.25) is 0 Å². The van der Waals surface area contributed by atoms with Gasteiger partial charge in [0.15, 0.2) is 5.65 Å². The van der Waals surface area contributed by atoms with E-state index < -0.39 is 0 Å². The van der Waals surface area contributed by atoms with Gasteiger partial charge < -0.3 is 10.1 Å². The highest BCUT2D eigenvalue weighted by Crippen LogP contribution is 2.28. The summed E-state index contributed by atoms with van der Waals surface area (Å²) < 4.78 is 8.99. The Hall–Kier alpha value is -3.68. The van der Waals surface area contributed by atoms with Gasteiger partial charge in [-0.15, -0.1) is 0 Å². The van der Waals surface area contributed by atoms with E-state index >= 15 is 0 Å². The SMILES string of the molecule is COc1ccc(-c2cc(C(=O)NCCC(C)n3nc(C)cc3C)c3c(C)nn(C)c3n2)cc1. The van der Waals surface area contributed by atoms with Gasteiger partial charge in [0.25, 0.3) is 5.91 Å². The molecule has 0 aliphatic carbocycles. The van der Waals surface area contributed by atoms with Crippen LogP contribution in [-0.4, -0.2) is 44.1 Å². The molecule has 0 bridgehead atoms. The van der Waals surface area contributed by atoms with Gasteiger partial charge in [0.05, 0.1) is 41.2 Å². The summed E-state index contributed by atoms with van der Waals surface area (Å²) in [6.07, 6.45) is 0.777. The maximum atomic E-state index is 13.3. The summed E-state index contributed by atoms with van der Waals surface area (Å²) in [6.45, 7) is 8.60. The number of aromatic nitrogens is 5. The highest BCUT2D eigenvalue weighted by molar-refractivity contribution is 6.07. The second kappa shape index (κ2) is 9.05. The van der Waals surface area contributed by atoms with Gasteiger partial charge in [-0.05, 0) is 70.5 Å². The molecule has 8 heteroatoms. The Labute approximate surface area is 193 Å². The van der Waals surface area contributed by atoms with Gasteiger partial charge in [-0.25, -0.2) is 4.98 Å². The molecular formula is C25H30N6O2. The second-order valence-corrected chi connectivity index (χ2v) is 8.46. The third-order valence-electron chi connectivity index (χ3n) is 5.91. The molecule has 0 spiro atoms. The molecule has 3 aromatic heterocycles. The molecule has 0 aliphatic rings. The van der Waals surface area contributed by atoms with E-state index in [4.69, 9.17) is 9.72 Å². The number of carbonyl (C=O) groups excluding carboxylic acids is 1. The molecule has 1 unspecified atom stereocenters. The summed E-state index contributed by atoms with van der Waals surface area (Å²) >= 11 is 0. The molecule has 1 aromatic carbocycles. The van der Waals surface area contributed by atoms with E-state index in [1.54, 1.807) is 11.8 Å². The van der Waals surface area contributed by atoms with Crippen LogP contribution in [0.4, 0.5) is 0 Å². The molecule has 1 atom stereocenters. The molecule has 172 valence electrons. The number of rotatable bonds is 7. The summed E-state index contributed by atoms with van der Waals surface area (Å²) in [5.41, 5.74) is 5.79. The van der Waals surface area contributed by atoms with Crippen LogP contribution in [0.5, 0.6) is 5.75 Å². The fourth-order valence-electron chi connectivity index (χ4n) is 4.24. The van der Waals surface area contributed by atoms with E-state index in [-0.39, 0.29) is 11.9 Å². The summed E-state index contributed by atoms with van der Waals surface area (Å²) in [6, 6.07) is 11.7. The Morgan fingerprint density at radius 3 is 2.48 bits per heavy atom. The smallest absolute Gasteiger partial charge is 0.252 e. The van der Waals surface area contributed by atoms with Gasteiger partial charge in [0.1, 0.15) is 5.75 Å². The van der Waals surface area contributed by atoms with Crippen LogP contribution in [-0.2, 0) is 7.05 Å². The van der Waals surface area contributed by atoms with Crippen molar-refractivity contribution in [2.75, 3.05) is 13.7 Å². The molecule has 0 saturated carbocycles. The molecule has 4 rings (SSSR count). The topological polar surface area (TPSA) is 86.9 Å². The third-order valence-corrected chi connectivity index (χ3v) is 5.91. The zero-order valence-corrected chi connectivity index (χ0v) is 20.0. The molecule has 1 N–H and O–H groups in total. The Balaban J connectivity index is 1.60. The van der Waals surface area contributed by atoms with Crippen LogP contribution in [0.15, 0.2) is 36.4 Å². The Kier molecular flexibility index (Phi) is 6.18. The van der Waals surface area contributed by atoms with E-state index in [9.17, 15) is 4.79 Å². The van der Waals surface area contributed by atoms with E-state index in [2.05, 4.69) is 35.4 Å². The number of aryl methyl sites for hydroxylation is 4. The molecule has 0 saturated heterocycles. The van der Waals surface area contributed by atoms with Crippen molar-refractivity contribution in [2.45, 2.75) is 40.2 Å². The number of hydrogen-bond acceptors (Lipinski definition) is 5. The van der Waals surface area contributed by atoms with Crippen molar-refractivity contribution in [1.82, 2.24) is 29.9 Å². The molecule has 1 amide bonds. The van der Waals surface area contributed by atoms with Crippen molar-refractivity contribution in [2.24, 2.45) is 7.05 Å². The largest absolute Gasteiger partial charge is 0.497 e. The zero-order valence-electron chi connectivity index (χ0n) is 20.0. The standard InChI is InChI=1S/C25H30N6O2/c1-15-13-17(3)31(28-15)16(2)11-12-26-25(32)21-14-22(19-7-9-20(33-6)10-8-19)27-24-23(21)18(4)29-30(24)5/h7-10,13-14,16H,11-12H2,1-6H3,(H,26,32). The van der Waals surface area contributed by atoms with Crippen molar-refractivity contribution < 1.29 is 9.53 Å². The number of pyridine rings is 1. The van der Waals surface area contributed by atoms with Gasteiger partial charge in [-0.1, -0.05) is 0 Å². The number of ether oxygens (including phenoxy) is 1. The molecule has 3 heterocycles. The first-order valence-electron chi connectivity index (χ1n) is 11.1. The van der Waals surface area contributed by atoms with Crippen LogP contribution in [0, 0.1) is 20.8 Å². The van der Waals surface area contributed by atoms with Crippen molar-refractivity contribution in [1.29, 1.82) is 0 Å². The van der Waals surface area contributed by atoms with Crippen LogP contribution >= 0.6 is 0 Å². The minimum atomic E-state index is -0.131. The molecule has 4 aromatic rings. The van der Waals surface area contributed by atoms with Crippen molar-refractivity contribution in [3.8, 4) is 17.0 Å². The van der Waals surface area contributed by atoms with Gasteiger partial charge >= 0.3 is 0 Å². The summed E-state index contributed by atoms with van der Waals surface area (Å²) in [7, 11) is 3.48. The quantitative estimate of drug-likeness (QED) is 0.461. The summed E-state index contributed by atoms with van der Waals surface area (Å²) in [5, 5.41) is 12.9. The minimum absolute atomic E-state index is 0.131. The second-order valence-electron chi connectivity index (χ2n) is 8.46. The van der Waals surface area contributed by atoms with Crippen LogP contribution in [0.1, 0.15) is 46.8 Å². The first-order chi connectivity index (χ1) is 15.8. The Morgan fingerprint density at radius 1 is 1.12 bits per heavy atom. The summed E-state index contributed by atoms with van der Waals surface area (Å²) in [5.74, 6) is 0.639. The first kappa shape index (κ1) is 22.5. The van der Waals surface area contributed by atoms with Crippen LogP contribution in [0.25, 0.3) is 22.3 Å². The lowest BCUT2D eigenvalue weighted by molar-refractivity contribution is 0.0953. The average Bonchev–Trinajstić information content (AvgIpc) is 3.30.